The molecule has 0 bridgehead atoms. The van der Waals surface area contributed by atoms with Crippen LogP contribution in [0.5, 0.6) is 0 Å². The average molecular weight is 508 g/mol. The molecule has 1 saturated heterocycles. The Morgan fingerprint density at radius 2 is 1.76 bits per heavy atom. The molecule has 0 radical (unpaired) electrons. The van der Waals surface area contributed by atoms with Crippen molar-refractivity contribution in [2.24, 2.45) is 16.4 Å². The third kappa shape index (κ3) is 3.99. The van der Waals surface area contributed by atoms with E-state index in [1.807, 2.05) is 6.92 Å². The Kier molecular flexibility index (Phi) is 6.26. The maximum absolute atomic E-state index is 14.4. The van der Waals surface area contributed by atoms with Gasteiger partial charge in [0.2, 0.25) is 0 Å². The number of carbonyl (C=O) groups is 2. The number of carbonyl (C=O) groups excluding carboxylic acids is 2. The molecule has 1 amide bonds. The van der Waals surface area contributed by atoms with Gasteiger partial charge < -0.3 is 9.64 Å². The third-order valence-electron chi connectivity index (χ3n) is 8.51. The number of esters is 1. The minimum atomic E-state index is -0.719. The number of fused-ring (bicyclic) bond motifs is 4. The van der Waals surface area contributed by atoms with Gasteiger partial charge in [-0.25, -0.2) is 4.79 Å². The van der Waals surface area contributed by atoms with Crippen molar-refractivity contribution in [1.29, 1.82) is 0 Å². The third-order valence-corrected chi connectivity index (χ3v) is 8.51. The first kappa shape index (κ1) is 24.4. The van der Waals surface area contributed by atoms with E-state index in [1.54, 1.807) is 36.2 Å². The molecule has 38 heavy (non-hydrogen) atoms. The SMILES string of the molecule is CCOC(=O)c1ccc(N2N=C(C)C3(Cc4ccccc4N4CCC(Cc5ccccc5)CC43)C2=O)cc1. The van der Waals surface area contributed by atoms with Crippen LogP contribution in [0, 0.1) is 11.3 Å². The number of hydrogen-bond donors (Lipinski definition) is 0. The molecule has 0 aromatic heterocycles. The molecule has 6 heteroatoms. The molecule has 3 atom stereocenters. The van der Waals surface area contributed by atoms with Crippen LogP contribution in [-0.4, -0.2) is 36.8 Å². The average Bonchev–Trinajstić information content (AvgIpc) is 3.19. The van der Waals surface area contributed by atoms with Crippen molar-refractivity contribution < 1.29 is 14.3 Å². The van der Waals surface area contributed by atoms with Crippen LogP contribution < -0.4 is 9.91 Å². The van der Waals surface area contributed by atoms with Gasteiger partial charge in [0.25, 0.3) is 5.91 Å². The minimum absolute atomic E-state index is 0.0174. The molecule has 6 rings (SSSR count). The summed E-state index contributed by atoms with van der Waals surface area (Å²) >= 11 is 0. The molecule has 0 N–H and O–H groups in total. The second kappa shape index (κ2) is 9.75. The molecular weight excluding hydrogens is 474 g/mol. The molecule has 194 valence electrons. The lowest BCUT2D eigenvalue weighted by molar-refractivity contribution is -0.125. The molecule has 0 aliphatic carbocycles. The zero-order chi connectivity index (χ0) is 26.3. The van der Waals surface area contributed by atoms with Gasteiger partial charge in [0, 0.05) is 18.3 Å². The van der Waals surface area contributed by atoms with E-state index >= 15 is 0 Å². The molecule has 3 aromatic carbocycles. The number of ether oxygens (including phenoxy) is 1. The summed E-state index contributed by atoms with van der Waals surface area (Å²) in [4.78, 5) is 29.1. The van der Waals surface area contributed by atoms with Crippen LogP contribution >= 0.6 is 0 Å². The minimum Gasteiger partial charge on any atom is -0.462 e. The highest BCUT2D eigenvalue weighted by molar-refractivity contribution is 6.20. The van der Waals surface area contributed by atoms with Gasteiger partial charge >= 0.3 is 5.97 Å². The Hall–Kier alpha value is -3.93. The maximum atomic E-state index is 14.4. The monoisotopic (exact) mass is 507 g/mol. The van der Waals surface area contributed by atoms with Gasteiger partial charge in [-0.1, -0.05) is 48.5 Å². The molecule has 3 unspecified atom stereocenters. The molecule has 1 fully saturated rings. The highest BCUT2D eigenvalue weighted by Crippen LogP contribution is 2.50. The van der Waals surface area contributed by atoms with Crippen LogP contribution in [-0.2, 0) is 22.4 Å². The standard InChI is InChI=1S/C32H33N3O3/c1-3-38-30(36)25-13-15-27(16-14-25)35-31(37)32(22(2)33-35)21-26-11-7-8-12-28(26)34-18-17-24(20-29(32)34)19-23-9-5-4-6-10-23/h4-16,24,29H,3,17-21H2,1-2H3. The zero-order valence-corrected chi connectivity index (χ0v) is 22.0. The number of benzene rings is 3. The summed E-state index contributed by atoms with van der Waals surface area (Å²) < 4.78 is 5.11. The molecule has 3 aromatic rings. The fourth-order valence-electron chi connectivity index (χ4n) is 6.63. The number of hydrazone groups is 1. The van der Waals surface area contributed by atoms with Crippen LogP contribution in [0.3, 0.4) is 0 Å². The van der Waals surface area contributed by atoms with Crippen LogP contribution in [0.15, 0.2) is 84.0 Å². The number of anilines is 2. The number of piperidine rings is 1. The summed E-state index contributed by atoms with van der Waals surface area (Å²) in [7, 11) is 0. The quantitative estimate of drug-likeness (QED) is 0.419. The first-order valence-electron chi connectivity index (χ1n) is 13.6. The van der Waals surface area contributed by atoms with E-state index in [0.29, 0.717) is 30.2 Å². The maximum Gasteiger partial charge on any atom is 0.338 e. The molecule has 6 nitrogen and oxygen atoms in total. The van der Waals surface area contributed by atoms with Gasteiger partial charge in [0.15, 0.2) is 0 Å². The van der Waals surface area contributed by atoms with Gasteiger partial charge in [-0.05, 0) is 86.9 Å². The number of para-hydroxylation sites is 1. The van der Waals surface area contributed by atoms with Crippen molar-refractivity contribution in [3.63, 3.8) is 0 Å². The Morgan fingerprint density at radius 3 is 2.53 bits per heavy atom. The topological polar surface area (TPSA) is 62.2 Å². The predicted octanol–water partition coefficient (Wildman–Crippen LogP) is 5.66. The van der Waals surface area contributed by atoms with E-state index in [4.69, 9.17) is 9.84 Å². The highest BCUT2D eigenvalue weighted by Gasteiger charge is 2.59. The Bertz CT molecular complexity index is 1380. The largest absolute Gasteiger partial charge is 0.462 e. The summed E-state index contributed by atoms with van der Waals surface area (Å²) in [6, 6.07) is 26.2. The second-order valence-corrected chi connectivity index (χ2v) is 10.6. The lowest BCUT2D eigenvalue weighted by atomic mass is 9.64. The summed E-state index contributed by atoms with van der Waals surface area (Å²) in [5.41, 5.74) is 5.08. The molecule has 3 aliphatic heterocycles. The van der Waals surface area contributed by atoms with Gasteiger partial charge in [-0.3, -0.25) is 4.79 Å². The van der Waals surface area contributed by atoms with Gasteiger partial charge in [0.05, 0.1) is 23.6 Å². The lowest BCUT2D eigenvalue weighted by Crippen LogP contribution is -2.62. The normalized spacial score (nSPS) is 24.2. The van der Waals surface area contributed by atoms with E-state index in [2.05, 4.69) is 59.5 Å². The fraction of sp³-hybridized carbons (Fsp3) is 0.344. The van der Waals surface area contributed by atoms with E-state index in [9.17, 15) is 9.59 Å². The van der Waals surface area contributed by atoms with Crippen LogP contribution in [0.2, 0.25) is 0 Å². The number of rotatable bonds is 5. The first-order valence-corrected chi connectivity index (χ1v) is 13.6. The Morgan fingerprint density at radius 1 is 1.03 bits per heavy atom. The molecular formula is C32H33N3O3. The van der Waals surface area contributed by atoms with Crippen molar-refractivity contribution in [3.8, 4) is 0 Å². The molecule has 0 saturated carbocycles. The van der Waals surface area contributed by atoms with Crippen molar-refractivity contribution >= 4 is 29.0 Å². The van der Waals surface area contributed by atoms with E-state index in [0.717, 1.165) is 31.5 Å². The molecule has 3 heterocycles. The number of amides is 1. The van der Waals surface area contributed by atoms with Crippen molar-refractivity contribution in [1.82, 2.24) is 0 Å². The lowest BCUT2D eigenvalue weighted by Gasteiger charge is -2.52. The zero-order valence-electron chi connectivity index (χ0n) is 22.0. The van der Waals surface area contributed by atoms with Crippen molar-refractivity contribution in [2.45, 2.75) is 45.6 Å². The summed E-state index contributed by atoms with van der Waals surface area (Å²) in [6.45, 7) is 5.04. The van der Waals surface area contributed by atoms with Crippen molar-refractivity contribution in [3.05, 3.63) is 95.6 Å². The van der Waals surface area contributed by atoms with E-state index in [-0.39, 0.29) is 17.9 Å². The number of nitrogens with zero attached hydrogens (tertiary/aromatic N) is 3. The summed E-state index contributed by atoms with van der Waals surface area (Å²) in [5.74, 6) is 0.150. The Balaban J connectivity index is 1.34. The van der Waals surface area contributed by atoms with Gasteiger partial charge in [0.1, 0.15) is 5.41 Å². The molecule has 1 spiro atoms. The smallest absolute Gasteiger partial charge is 0.338 e. The van der Waals surface area contributed by atoms with Crippen LogP contribution in [0.4, 0.5) is 11.4 Å². The number of hydrogen-bond acceptors (Lipinski definition) is 5. The van der Waals surface area contributed by atoms with Gasteiger partial charge in [-0.2, -0.15) is 10.1 Å². The first-order chi connectivity index (χ1) is 18.5. The summed E-state index contributed by atoms with van der Waals surface area (Å²) in [6.07, 6.45) is 3.71. The van der Waals surface area contributed by atoms with Gasteiger partial charge in [-0.15, -0.1) is 0 Å². The van der Waals surface area contributed by atoms with Crippen LogP contribution in [0.1, 0.15) is 48.2 Å². The predicted molar refractivity (Wildman–Crippen MR) is 150 cm³/mol. The second-order valence-electron chi connectivity index (χ2n) is 10.6. The van der Waals surface area contributed by atoms with E-state index < -0.39 is 5.41 Å². The highest BCUT2D eigenvalue weighted by atomic mass is 16.5. The fourth-order valence-corrected chi connectivity index (χ4v) is 6.63. The Labute approximate surface area is 223 Å². The van der Waals surface area contributed by atoms with Crippen molar-refractivity contribution in [2.75, 3.05) is 23.1 Å². The summed E-state index contributed by atoms with van der Waals surface area (Å²) in [5, 5.41) is 6.41. The van der Waals surface area contributed by atoms with Crippen LogP contribution in [0.25, 0.3) is 0 Å². The molecule has 3 aliphatic rings. The van der Waals surface area contributed by atoms with E-state index in [1.165, 1.54) is 16.8 Å².